The maximum absolute atomic E-state index is 5.77. The van der Waals surface area contributed by atoms with Gasteiger partial charge in [-0.3, -0.25) is 0 Å². The SMILES string of the molecule is C=CCCC1CCC([C@H]2CC[C@H](OCC)CC2)CC1. The van der Waals surface area contributed by atoms with E-state index in [0.29, 0.717) is 6.10 Å². The van der Waals surface area contributed by atoms with Gasteiger partial charge in [0, 0.05) is 6.61 Å². The normalized spacial score (nSPS) is 36.1. The van der Waals surface area contributed by atoms with Crippen molar-refractivity contribution < 1.29 is 4.74 Å². The molecule has 0 spiro atoms. The van der Waals surface area contributed by atoms with Crippen molar-refractivity contribution in [3.8, 4) is 0 Å². The molecule has 2 rings (SSSR count). The predicted molar refractivity (Wildman–Crippen MR) is 82.3 cm³/mol. The molecule has 1 heteroatoms. The van der Waals surface area contributed by atoms with E-state index in [4.69, 9.17) is 4.74 Å². The van der Waals surface area contributed by atoms with E-state index in [1.165, 1.54) is 64.2 Å². The van der Waals surface area contributed by atoms with Crippen molar-refractivity contribution in [1.82, 2.24) is 0 Å². The highest BCUT2D eigenvalue weighted by Crippen LogP contribution is 2.41. The van der Waals surface area contributed by atoms with Crippen LogP contribution in [0, 0.1) is 17.8 Å². The molecule has 0 aromatic carbocycles. The van der Waals surface area contributed by atoms with E-state index in [9.17, 15) is 0 Å². The summed E-state index contributed by atoms with van der Waals surface area (Å²) in [7, 11) is 0. The van der Waals surface area contributed by atoms with Crippen LogP contribution in [0.25, 0.3) is 0 Å². The third kappa shape index (κ3) is 4.63. The molecule has 0 unspecified atom stereocenters. The summed E-state index contributed by atoms with van der Waals surface area (Å²) < 4.78 is 5.77. The van der Waals surface area contributed by atoms with Crippen molar-refractivity contribution in [3.05, 3.63) is 12.7 Å². The summed E-state index contributed by atoms with van der Waals surface area (Å²) in [6.45, 7) is 6.86. The van der Waals surface area contributed by atoms with Gasteiger partial charge in [0.2, 0.25) is 0 Å². The van der Waals surface area contributed by atoms with Gasteiger partial charge in [0.25, 0.3) is 0 Å². The largest absolute Gasteiger partial charge is 0.379 e. The van der Waals surface area contributed by atoms with Gasteiger partial charge in [0.15, 0.2) is 0 Å². The van der Waals surface area contributed by atoms with E-state index >= 15 is 0 Å². The minimum Gasteiger partial charge on any atom is -0.379 e. The molecule has 0 aromatic rings. The molecule has 0 radical (unpaired) electrons. The molecule has 0 atom stereocenters. The van der Waals surface area contributed by atoms with Crippen molar-refractivity contribution in [3.63, 3.8) is 0 Å². The standard InChI is InChI=1S/C18H32O/c1-3-5-6-15-7-9-16(10-8-15)17-11-13-18(14-12-17)19-4-2/h3,15-18H,1,4-14H2,2H3/t15?,16?,17-,18-. The predicted octanol–water partition coefficient (Wildman–Crippen LogP) is 5.35. The Morgan fingerprint density at radius 3 is 2.05 bits per heavy atom. The van der Waals surface area contributed by atoms with E-state index in [1.54, 1.807) is 0 Å². The van der Waals surface area contributed by atoms with Crippen molar-refractivity contribution in [2.45, 2.75) is 77.2 Å². The van der Waals surface area contributed by atoms with Crippen molar-refractivity contribution >= 4 is 0 Å². The van der Waals surface area contributed by atoms with Crippen LogP contribution < -0.4 is 0 Å². The lowest BCUT2D eigenvalue weighted by molar-refractivity contribution is 0.0135. The maximum atomic E-state index is 5.77. The summed E-state index contributed by atoms with van der Waals surface area (Å²) in [5.74, 6) is 3.04. The summed E-state index contributed by atoms with van der Waals surface area (Å²) in [6.07, 6.45) is 16.7. The molecule has 1 nitrogen and oxygen atoms in total. The third-order valence-corrected chi connectivity index (χ3v) is 5.46. The lowest BCUT2D eigenvalue weighted by Gasteiger charge is -2.37. The molecule has 2 aliphatic carbocycles. The van der Waals surface area contributed by atoms with Crippen LogP contribution in [0.4, 0.5) is 0 Å². The first-order chi connectivity index (χ1) is 9.33. The Balaban J connectivity index is 1.66. The fourth-order valence-corrected chi connectivity index (χ4v) is 4.26. The highest BCUT2D eigenvalue weighted by molar-refractivity contribution is 4.83. The maximum Gasteiger partial charge on any atom is 0.0575 e. The number of hydrogen-bond donors (Lipinski definition) is 0. The number of ether oxygens (including phenoxy) is 1. The zero-order valence-corrected chi connectivity index (χ0v) is 12.8. The number of allylic oxidation sites excluding steroid dienone is 1. The summed E-state index contributed by atoms with van der Waals surface area (Å²) >= 11 is 0. The first-order valence-electron chi connectivity index (χ1n) is 8.56. The smallest absolute Gasteiger partial charge is 0.0575 e. The fraction of sp³-hybridized carbons (Fsp3) is 0.889. The van der Waals surface area contributed by atoms with E-state index in [-0.39, 0.29) is 0 Å². The fourth-order valence-electron chi connectivity index (χ4n) is 4.26. The van der Waals surface area contributed by atoms with Gasteiger partial charge in [-0.1, -0.05) is 18.9 Å². The molecular weight excluding hydrogens is 232 g/mol. The average molecular weight is 264 g/mol. The summed E-state index contributed by atoms with van der Waals surface area (Å²) in [5, 5.41) is 0. The monoisotopic (exact) mass is 264 g/mol. The molecule has 0 aliphatic heterocycles. The van der Waals surface area contributed by atoms with Crippen LogP contribution in [0.15, 0.2) is 12.7 Å². The summed E-state index contributed by atoms with van der Waals surface area (Å²) in [4.78, 5) is 0. The van der Waals surface area contributed by atoms with Crippen LogP contribution in [0.2, 0.25) is 0 Å². The third-order valence-electron chi connectivity index (χ3n) is 5.46. The molecule has 19 heavy (non-hydrogen) atoms. The molecule has 0 heterocycles. The van der Waals surface area contributed by atoms with Crippen LogP contribution in [0.3, 0.4) is 0 Å². The van der Waals surface area contributed by atoms with E-state index in [2.05, 4.69) is 19.6 Å². The van der Waals surface area contributed by atoms with Gasteiger partial charge in [-0.2, -0.15) is 0 Å². The van der Waals surface area contributed by atoms with Crippen molar-refractivity contribution in [2.24, 2.45) is 17.8 Å². The van der Waals surface area contributed by atoms with Gasteiger partial charge in [0.1, 0.15) is 0 Å². The van der Waals surface area contributed by atoms with E-state index in [1.807, 2.05) is 0 Å². The van der Waals surface area contributed by atoms with Crippen LogP contribution in [-0.4, -0.2) is 12.7 Å². The first kappa shape index (κ1) is 15.1. The molecule has 2 fully saturated rings. The average Bonchev–Trinajstić information content (AvgIpc) is 2.47. The van der Waals surface area contributed by atoms with Gasteiger partial charge < -0.3 is 4.74 Å². The molecule has 2 saturated carbocycles. The number of hydrogen-bond acceptors (Lipinski definition) is 1. The molecule has 0 amide bonds. The van der Waals surface area contributed by atoms with Gasteiger partial charge >= 0.3 is 0 Å². The Labute approximate surface area is 119 Å². The topological polar surface area (TPSA) is 9.23 Å². The first-order valence-corrected chi connectivity index (χ1v) is 8.56. The highest BCUT2D eigenvalue weighted by Gasteiger charge is 2.30. The lowest BCUT2D eigenvalue weighted by Crippen LogP contribution is -2.28. The van der Waals surface area contributed by atoms with Gasteiger partial charge in [-0.15, -0.1) is 6.58 Å². The Hall–Kier alpha value is -0.300. The Bertz CT molecular complexity index is 244. The Kier molecular flexibility index (Phi) is 6.43. The minimum absolute atomic E-state index is 0.574. The van der Waals surface area contributed by atoms with Gasteiger partial charge in [-0.25, -0.2) is 0 Å². The molecule has 110 valence electrons. The summed E-state index contributed by atoms with van der Waals surface area (Å²) in [6, 6.07) is 0. The molecule has 0 saturated heterocycles. The molecule has 2 aliphatic rings. The summed E-state index contributed by atoms with van der Waals surface area (Å²) in [5.41, 5.74) is 0. The van der Waals surface area contributed by atoms with Crippen LogP contribution in [-0.2, 0) is 4.74 Å². The van der Waals surface area contributed by atoms with Crippen LogP contribution >= 0.6 is 0 Å². The Morgan fingerprint density at radius 2 is 1.53 bits per heavy atom. The second-order valence-corrected chi connectivity index (χ2v) is 6.64. The number of rotatable bonds is 6. The molecular formula is C18H32O. The van der Waals surface area contributed by atoms with Crippen molar-refractivity contribution in [2.75, 3.05) is 6.61 Å². The van der Waals surface area contributed by atoms with Crippen LogP contribution in [0.5, 0.6) is 0 Å². The lowest BCUT2D eigenvalue weighted by atomic mass is 9.70. The second-order valence-electron chi connectivity index (χ2n) is 6.64. The zero-order valence-electron chi connectivity index (χ0n) is 12.8. The van der Waals surface area contributed by atoms with E-state index < -0.39 is 0 Å². The molecule has 0 bridgehead atoms. The zero-order chi connectivity index (χ0) is 13.5. The van der Waals surface area contributed by atoms with Crippen molar-refractivity contribution in [1.29, 1.82) is 0 Å². The molecule has 0 aromatic heterocycles. The van der Waals surface area contributed by atoms with Gasteiger partial charge in [-0.05, 0) is 76.0 Å². The highest BCUT2D eigenvalue weighted by atomic mass is 16.5. The quantitative estimate of drug-likeness (QED) is 0.587. The van der Waals surface area contributed by atoms with E-state index in [0.717, 1.165) is 24.4 Å². The molecule has 0 N–H and O–H groups in total. The van der Waals surface area contributed by atoms with Gasteiger partial charge in [0.05, 0.1) is 6.10 Å². The second kappa shape index (κ2) is 8.09. The minimum atomic E-state index is 0.574. The Morgan fingerprint density at radius 1 is 0.947 bits per heavy atom. The van der Waals surface area contributed by atoms with Crippen LogP contribution in [0.1, 0.15) is 71.1 Å².